The topological polar surface area (TPSA) is 0 Å². The predicted molar refractivity (Wildman–Crippen MR) is 338 cm³/mol. The van der Waals surface area contributed by atoms with Crippen LogP contribution in [0.25, 0.3) is 22.3 Å². The molecule has 0 saturated heterocycles. The van der Waals surface area contributed by atoms with Crippen LogP contribution in [0.3, 0.4) is 0 Å². The van der Waals surface area contributed by atoms with Crippen molar-refractivity contribution in [1.82, 2.24) is 0 Å². The van der Waals surface area contributed by atoms with Crippen LogP contribution in [-0.4, -0.2) is 12.3 Å². The van der Waals surface area contributed by atoms with Gasteiger partial charge in [-0.05, 0) is 117 Å². The molecule has 0 radical (unpaired) electrons. The van der Waals surface area contributed by atoms with E-state index >= 15 is 0 Å². The van der Waals surface area contributed by atoms with Gasteiger partial charge < -0.3 is 12.8 Å². The summed E-state index contributed by atoms with van der Waals surface area (Å²) in [6, 6.07) is 94.9. The maximum Gasteiger partial charge on any atom is 1.00 e. The molecule has 10 aromatic carbocycles. The average Bonchev–Trinajstić information content (AvgIpc) is 4.20. The third-order valence-corrected chi connectivity index (χ3v) is 20.4. The molecule has 0 N–H and O–H groups in total. The quantitative estimate of drug-likeness (QED) is 0.0254. The molecule has 396 valence electrons. The molecule has 0 bridgehead atoms. The largest absolute Gasteiger partial charge is 1.00 e. The van der Waals surface area contributed by atoms with Gasteiger partial charge in [0.25, 0.3) is 0 Å². The first-order valence-electron chi connectivity index (χ1n) is 26.9. The third-order valence-electron chi connectivity index (χ3n) is 15.0. The van der Waals surface area contributed by atoms with Crippen LogP contribution in [0.5, 0.6) is 0 Å². The first-order chi connectivity index (χ1) is 38.6. The molecule has 4 heteroatoms. The van der Waals surface area contributed by atoms with Crippen molar-refractivity contribution in [3.8, 4) is 34.1 Å². The van der Waals surface area contributed by atoms with Gasteiger partial charge in [0.1, 0.15) is 0 Å². The minimum Gasteiger partial charge on any atom is -0.366 e. The molecule has 0 heterocycles. The fourth-order valence-corrected chi connectivity index (χ4v) is 16.4. The Hall–Kier alpha value is -7.12. The summed E-state index contributed by atoms with van der Waals surface area (Å²) in [6.45, 7) is 3.75. The number of allylic oxidation sites excluding steroid dienone is 4. The molecule has 0 saturated carbocycles. The number of fused-ring (bicyclic) bond motifs is 6. The van der Waals surface area contributed by atoms with E-state index in [-0.39, 0.29) is 56.1 Å². The Morgan fingerprint density at radius 1 is 0.412 bits per heavy atom. The zero-order valence-corrected chi connectivity index (χ0v) is 50.8. The molecule has 0 aliphatic heterocycles. The number of unbranched alkanes of at least 4 members (excludes halogenated alkanes) is 1. The van der Waals surface area contributed by atoms with E-state index in [1.807, 2.05) is 24.3 Å². The van der Waals surface area contributed by atoms with Crippen LogP contribution in [0.15, 0.2) is 304 Å². The molecule has 2 unspecified atom stereocenters. The SMILES string of the molecule is C=C/C=C\C=C\[PH+](CCCC[PH+](c1ccccc1)c1ccccc1)c1ccccc1.[Au+].[Au+].[C-]#Cc1ccc2c(c1)-c1ccccc1C2c1ccccc1.[C-]#Cc1ccc2c(c1)C(c1ccccc1)(c1ccccc1)c1ccccc1-2. The van der Waals surface area contributed by atoms with Gasteiger partial charge in [-0.25, -0.2) is 0 Å². The van der Waals surface area contributed by atoms with E-state index in [9.17, 15) is 0 Å². The zero-order chi connectivity index (χ0) is 53.4. The summed E-state index contributed by atoms with van der Waals surface area (Å²) in [4.78, 5) is 0. The second-order valence-corrected chi connectivity index (χ2v) is 24.6. The maximum atomic E-state index is 7.66. The average molecular weight is 1430 g/mol. The minimum absolute atomic E-state index is 0. The van der Waals surface area contributed by atoms with Crippen LogP contribution < -0.4 is 15.9 Å². The molecule has 2 aliphatic carbocycles. The molecule has 12 rings (SSSR count). The van der Waals surface area contributed by atoms with E-state index in [2.05, 4.69) is 291 Å². The molecule has 0 nitrogen and oxygen atoms in total. The minimum atomic E-state index is -0.714. The van der Waals surface area contributed by atoms with Gasteiger partial charge in [0.05, 0.1) is 55.3 Å². The van der Waals surface area contributed by atoms with Gasteiger partial charge in [-0.15, -0.1) is 35.4 Å². The summed E-state index contributed by atoms with van der Waals surface area (Å²) >= 11 is 0. The number of benzene rings is 10. The van der Waals surface area contributed by atoms with Crippen LogP contribution in [0, 0.1) is 24.7 Å². The molecule has 0 amide bonds. The number of rotatable bonds is 14. The Bertz CT molecular complexity index is 3650. The molecular formula is C76H62Au2P2+2. The normalized spacial score (nSPS) is 13.2. The second-order valence-electron chi connectivity index (χ2n) is 19.6. The standard InChI is InChI=1S/C28H30P2.C27H17.C21H13.2Au/c1-2-3-4-14-23-29(26-17-8-5-9-18-26)24-15-16-25-30(27-19-10-6-11-20-27)28-21-12-7-13-22-28;1-2-20-17-18-24-23-15-9-10-16-25(23)27(26(24)19-20,21-11-5-3-6-12-21)22-13-7-4-8-14-22;1-2-15-12-13-19-20(14-15)17-10-6-7-11-18(17)21(19)16-8-4-3-5-9-16;;/h2-14,17-23H,1,15-16,24-25H2;3-19H;3-14,21H;;/q;2*-1;2*+1/p+2/b4-3-,23-14+;;;;. The van der Waals surface area contributed by atoms with Gasteiger partial charge in [0, 0.05) is 5.92 Å². The Balaban J connectivity index is 0.000000158. The van der Waals surface area contributed by atoms with E-state index in [1.54, 1.807) is 0 Å². The van der Waals surface area contributed by atoms with E-state index in [1.165, 1.54) is 102 Å². The van der Waals surface area contributed by atoms with Crippen molar-refractivity contribution in [3.05, 3.63) is 367 Å². The summed E-state index contributed by atoms with van der Waals surface area (Å²) in [7, 11) is -1.40. The van der Waals surface area contributed by atoms with Crippen molar-refractivity contribution in [2.24, 2.45) is 0 Å². The summed E-state index contributed by atoms with van der Waals surface area (Å²) in [6.07, 6.45) is 28.3. The van der Waals surface area contributed by atoms with Crippen molar-refractivity contribution >= 4 is 31.8 Å². The van der Waals surface area contributed by atoms with Gasteiger partial charge in [-0.2, -0.15) is 0 Å². The van der Waals surface area contributed by atoms with Crippen LogP contribution in [0.4, 0.5) is 0 Å². The van der Waals surface area contributed by atoms with E-state index in [0.29, 0.717) is 0 Å². The summed E-state index contributed by atoms with van der Waals surface area (Å²) in [5.41, 5.74) is 15.2. The summed E-state index contributed by atoms with van der Waals surface area (Å²) < 4.78 is 0. The third kappa shape index (κ3) is 13.2. The first kappa shape index (κ1) is 59.0. The van der Waals surface area contributed by atoms with Crippen LogP contribution >= 0.6 is 15.8 Å². The smallest absolute Gasteiger partial charge is 0.366 e. The van der Waals surface area contributed by atoms with E-state index < -0.39 is 15.8 Å². The Morgan fingerprint density at radius 2 is 0.875 bits per heavy atom. The van der Waals surface area contributed by atoms with Gasteiger partial charge in [0.15, 0.2) is 0 Å². The van der Waals surface area contributed by atoms with Crippen molar-refractivity contribution in [2.75, 3.05) is 12.3 Å². The first-order valence-corrected chi connectivity index (χ1v) is 30.4. The van der Waals surface area contributed by atoms with Gasteiger partial charge in [-0.1, -0.05) is 231 Å². The molecule has 80 heavy (non-hydrogen) atoms. The van der Waals surface area contributed by atoms with Gasteiger partial charge in [0.2, 0.25) is 0 Å². The summed E-state index contributed by atoms with van der Waals surface area (Å²) in [5.74, 6) is 7.79. The molecule has 0 spiro atoms. The molecule has 0 fully saturated rings. The van der Waals surface area contributed by atoms with E-state index in [4.69, 9.17) is 12.8 Å². The van der Waals surface area contributed by atoms with Crippen LogP contribution in [0.1, 0.15) is 68.8 Å². The molecule has 0 aromatic heterocycles. The fraction of sp³-hybridized carbons (Fsp3) is 0.0789. The Morgan fingerprint density at radius 3 is 1.46 bits per heavy atom. The van der Waals surface area contributed by atoms with Crippen molar-refractivity contribution in [3.63, 3.8) is 0 Å². The molecule has 2 aliphatic rings. The summed E-state index contributed by atoms with van der Waals surface area (Å²) in [5, 5.41) is 4.55. The maximum absolute atomic E-state index is 7.66. The Kier molecular flexibility index (Phi) is 21.7. The second kappa shape index (κ2) is 29.4. The molecule has 2 atom stereocenters. The Labute approximate surface area is 509 Å². The van der Waals surface area contributed by atoms with Crippen LogP contribution in [0.2, 0.25) is 0 Å². The predicted octanol–water partition coefficient (Wildman–Crippen LogP) is 17.2. The number of hydrogen-bond acceptors (Lipinski definition) is 0. The molecule has 10 aromatic rings. The number of hydrogen-bond donors (Lipinski definition) is 0. The monoisotopic (exact) mass is 1430 g/mol. The van der Waals surface area contributed by atoms with Crippen molar-refractivity contribution in [2.45, 2.75) is 24.2 Å². The van der Waals surface area contributed by atoms with Crippen molar-refractivity contribution < 1.29 is 44.8 Å². The molecular weight excluding hydrogens is 1370 g/mol. The van der Waals surface area contributed by atoms with E-state index in [0.717, 1.165) is 11.1 Å². The van der Waals surface area contributed by atoms with Gasteiger partial charge >= 0.3 is 44.8 Å². The van der Waals surface area contributed by atoms with Crippen molar-refractivity contribution in [1.29, 1.82) is 0 Å². The van der Waals surface area contributed by atoms with Crippen LogP contribution in [-0.2, 0) is 50.2 Å². The van der Waals surface area contributed by atoms with Gasteiger partial charge in [-0.3, -0.25) is 11.8 Å². The zero-order valence-electron chi connectivity index (χ0n) is 44.5. The fourth-order valence-electron chi connectivity index (χ4n) is 11.4.